The van der Waals surface area contributed by atoms with Crippen LogP contribution < -0.4 is 10.6 Å². The van der Waals surface area contributed by atoms with Gasteiger partial charge in [-0.2, -0.15) is 0 Å². The van der Waals surface area contributed by atoms with Gasteiger partial charge in [0.15, 0.2) is 0 Å². The maximum Gasteiger partial charge on any atom is 0.251 e. The van der Waals surface area contributed by atoms with E-state index in [2.05, 4.69) is 10.6 Å². The summed E-state index contributed by atoms with van der Waals surface area (Å²) in [5.74, 6) is -0.477. The molecule has 0 radical (unpaired) electrons. The first-order valence-corrected chi connectivity index (χ1v) is 7.90. The lowest BCUT2D eigenvalue weighted by Gasteiger charge is -2.16. The summed E-state index contributed by atoms with van der Waals surface area (Å²) in [7, 11) is 1.58. The lowest BCUT2D eigenvalue weighted by Crippen LogP contribution is -2.34. The monoisotopic (exact) mass is 326 g/mol. The fourth-order valence-electron chi connectivity index (χ4n) is 2.81. The molecule has 1 aliphatic carbocycles. The number of halogens is 1. The van der Waals surface area contributed by atoms with Crippen LogP contribution in [0, 0.1) is 5.82 Å². The molecule has 0 bridgehead atoms. The van der Waals surface area contributed by atoms with E-state index >= 15 is 0 Å². The third kappa shape index (κ3) is 3.15. The Hall–Kier alpha value is -2.69. The van der Waals surface area contributed by atoms with Crippen LogP contribution in [0.5, 0.6) is 0 Å². The number of carbonyl (C=O) groups excluding carboxylic acids is 2. The molecule has 2 amide bonds. The Labute approximate surface area is 140 Å². The van der Waals surface area contributed by atoms with Gasteiger partial charge in [0.2, 0.25) is 5.91 Å². The molecule has 5 heteroatoms. The van der Waals surface area contributed by atoms with Crippen molar-refractivity contribution in [2.75, 3.05) is 7.05 Å². The molecule has 0 atom stereocenters. The fraction of sp³-hybridized carbons (Fsp3) is 0.263. The van der Waals surface area contributed by atoms with Crippen molar-refractivity contribution in [1.29, 1.82) is 0 Å². The van der Waals surface area contributed by atoms with Crippen molar-refractivity contribution in [3.8, 4) is 0 Å². The van der Waals surface area contributed by atoms with Crippen LogP contribution in [0.15, 0.2) is 48.5 Å². The minimum absolute atomic E-state index is 0.0375. The first-order valence-electron chi connectivity index (χ1n) is 7.90. The van der Waals surface area contributed by atoms with Crippen molar-refractivity contribution >= 4 is 11.8 Å². The van der Waals surface area contributed by atoms with Crippen LogP contribution in [0.25, 0.3) is 0 Å². The van der Waals surface area contributed by atoms with E-state index in [0.29, 0.717) is 12.1 Å². The number of nitrogens with one attached hydrogen (secondary N) is 2. The zero-order chi connectivity index (χ0) is 17.2. The van der Waals surface area contributed by atoms with Crippen LogP contribution in [0.4, 0.5) is 4.39 Å². The lowest BCUT2D eigenvalue weighted by atomic mass is 9.95. The number of hydrogen-bond acceptors (Lipinski definition) is 2. The van der Waals surface area contributed by atoms with Crippen LogP contribution >= 0.6 is 0 Å². The molecular weight excluding hydrogens is 307 g/mol. The third-order valence-electron chi connectivity index (χ3n) is 4.48. The highest BCUT2D eigenvalue weighted by atomic mass is 19.1. The SMILES string of the molecule is CNC(=O)c1ccc(CNC(=O)C2(c3ccc(F)cc3)CC2)cc1. The number of carbonyl (C=O) groups is 2. The lowest BCUT2D eigenvalue weighted by molar-refractivity contribution is -0.123. The van der Waals surface area contributed by atoms with Gasteiger partial charge >= 0.3 is 0 Å². The molecule has 0 saturated heterocycles. The second kappa shape index (κ2) is 6.43. The predicted octanol–water partition coefficient (Wildman–Crippen LogP) is 2.53. The van der Waals surface area contributed by atoms with Gasteiger partial charge in [-0.05, 0) is 48.2 Å². The third-order valence-corrected chi connectivity index (χ3v) is 4.48. The van der Waals surface area contributed by atoms with E-state index in [0.717, 1.165) is 24.0 Å². The van der Waals surface area contributed by atoms with E-state index in [9.17, 15) is 14.0 Å². The average Bonchev–Trinajstić information content (AvgIpc) is 3.42. The fourth-order valence-corrected chi connectivity index (χ4v) is 2.81. The minimum Gasteiger partial charge on any atom is -0.355 e. The molecule has 0 heterocycles. The predicted molar refractivity (Wildman–Crippen MR) is 89.0 cm³/mol. The zero-order valence-corrected chi connectivity index (χ0v) is 13.4. The van der Waals surface area contributed by atoms with E-state index in [4.69, 9.17) is 0 Å². The Morgan fingerprint density at radius 2 is 1.67 bits per heavy atom. The molecule has 2 N–H and O–H groups in total. The Morgan fingerprint density at radius 1 is 1.04 bits per heavy atom. The van der Waals surface area contributed by atoms with Gasteiger partial charge in [-0.15, -0.1) is 0 Å². The first-order chi connectivity index (χ1) is 11.5. The van der Waals surface area contributed by atoms with Crippen LogP contribution in [0.3, 0.4) is 0 Å². The van der Waals surface area contributed by atoms with Crippen molar-refractivity contribution in [2.45, 2.75) is 24.8 Å². The molecule has 0 aliphatic heterocycles. The molecule has 0 spiro atoms. The molecule has 24 heavy (non-hydrogen) atoms. The van der Waals surface area contributed by atoms with Crippen molar-refractivity contribution in [2.24, 2.45) is 0 Å². The maximum atomic E-state index is 13.1. The van der Waals surface area contributed by atoms with Gasteiger partial charge < -0.3 is 10.6 Å². The Balaban J connectivity index is 1.63. The van der Waals surface area contributed by atoms with Crippen LogP contribution in [-0.2, 0) is 16.8 Å². The van der Waals surface area contributed by atoms with Gasteiger partial charge in [0.25, 0.3) is 5.91 Å². The van der Waals surface area contributed by atoms with Crippen molar-refractivity contribution in [3.05, 3.63) is 71.0 Å². The van der Waals surface area contributed by atoms with E-state index in [1.54, 1.807) is 31.3 Å². The number of amides is 2. The standard InChI is InChI=1S/C19H19FN2O2/c1-21-17(23)14-4-2-13(3-5-14)12-22-18(24)19(10-11-19)15-6-8-16(20)9-7-15/h2-9H,10-12H2,1H3,(H,21,23)(H,22,24). The van der Waals surface area contributed by atoms with Gasteiger partial charge in [0, 0.05) is 19.2 Å². The van der Waals surface area contributed by atoms with E-state index in [-0.39, 0.29) is 17.6 Å². The summed E-state index contributed by atoms with van der Waals surface area (Å²) < 4.78 is 13.1. The van der Waals surface area contributed by atoms with Crippen LogP contribution in [0.2, 0.25) is 0 Å². The Kier molecular flexibility index (Phi) is 4.34. The van der Waals surface area contributed by atoms with Crippen LogP contribution in [-0.4, -0.2) is 18.9 Å². The molecule has 2 aromatic rings. The summed E-state index contributed by atoms with van der Waals surface area (Å²) in [6.45, 7) is 0.399. The maximum absolute atomic E-state index is 13.1. The highest BCUT2D eigenvalue weighted by Crippen LogP contribution is 2.48. The number of rotatable bonds is 5. The van der Waals surface area contributed by atoms with Gasteiger partial charge in [0.05, 0.1) is 5.41 Å². The summed E-state index contributed by atoms with van der Waals surface area (Å²) in [5.41, 5.74) is 1.84. The summed E-state index contributed by atoms with van der Waals surface area (Å²) in [6, 6.07) is 13.2. The summed E-state index contributed by atoms with van der Waals surface area (Å²) in [6.07, 6.45) is 1.56. The van der Waals surface area contributed by atoms with Crippen molar-refractivity contribution < 1.29 is 14.0 Å². The smallest absolute Gasteiger partial charge is 0.251 e. The molecule has 2 aromatic carbocycles. The molecule has 0 aromatic heterocycles. The second-order valence-electron chi connectivity index (χ2n) is 6.05. The molecule has 1 saturated carbocycles. The molecule has 3 rings (SSSR count). The minimum atomic E-state index is -0.518. The largest absolute Gasteiger partial charge is 0.355 e. The molecule has 1 aliphatic rings. The molecule has 4 nitrogen and oxygen atoms in total. The topological polar surface area (TPSA) is 58.2 Å². The normalized spacial score (nSPS) is 14.8. The van der Waals surface area contributed by atoms with E-state index < -0.39 is 5.41 Å². The average molecular weight is 326 g/mol. The quantitative estimate of drug-likeness (QED) is 0.887. The van der Waals surface area contributed by atoms with Gasteiger partial charge in [-0.3, -0.25) is 9.59 Å². The molecular formula is C19H19FN2O2. The first kappa shape index (κ1) is 16.2. The van der Waals surface area contributed by atoms with Crippen LogP contribution in [0.1, 0.15) is 34.3 Å². The van der Waals surface area contributed by atoms with Gasteiger partial charge in [-0.25, -0.2) is 4.39 Å². The number of hydrogen-bond donors (Lipinski definition) is 2. The second-order valence-corrected chi connectivity index (χ2v) is 6.05. The number of benzene rings is 2. The Morgan fingerprint density at radius 3 is 2.21 bits per heavy atom. The Bertz CT molecular complexity index is 750. The summed E-state index contributed by atoms with van der Waals surface area (Å²) in [4.78, 5) is 24.0. The highest BCUT2D eigenvalue weighted by molar-refractivity contribution is 5.94. The molecule has 0 unspecified atom stereocenters. The van der Waals surface area contributed by atoms with Crippen molar-refractivity contribution in [1.82, 2.24) is 10.6 Å². The summed E-state index contributed by atoms with van der Waals surface area (Å²) >= 11 is 0. The molecule has 1 fully saturated rings. The highest BCUT2D eigenvalue weighted by Gasteiger charge is 2.51. The molecule has 124 valence electrons. The summed E-state index contributed by atoms with van der Waals surface area (Å²) in [5, 5.41) is 5.51. The van der Waals surface area contributed by atoms with E-state index in [1.165, 1.54) is 12.1 Å². The van der Waals surface area contributed by atoms with Crippen molar-refractivity contribution in [3.63, 3.8) is 0 Å². The van der Waals surface area contributed by atoms with Gasteiger partial charge in [-0.1, -0.05) is 24.3 Å². The zero-order valence-electron chi connectivity index (χ0n) is 13.4. The van der Waals surface area contributed by atoms with Gasteiger partial charge in [0.1, 0.15) is 5.82 Å². The van der Waals surface area contributed by atoms with E-state index in [1.807, 2.05) is 12.1 Å².